The van der Waals surface area contributed by atoms with Crippen molar-refractivity contribution in [1.29, 1.82) is 0 Å². The molecule has 1 saturated heterocycles. The van der Waals surface area contributed by atoms with Crippen molar-refractivity contribution in [2.75, 3.05) is 26.7 Å². The Morgan fingerprint density at radius 1 is 1.12 bits per heavy atom. The highest BCUT2D eigenvalue weighted by Gasteiger charge is 2.62. The van der Waals surface area contributed by atoms with Gasteiger partial charge in [-0.15, -0.1) is 6.58 Å². The van der Waals surface area contributed by atoms with Gasteiger partial charge in [-0.1, -0.05) is 56.9 Å². The number of benzene rings is 1. The maximum absolute atomic E-state index is 14.5. The van der Waals surface area contributed by atoms with Gasteiger partial charge in [0.1, 0.15) is 23.7 Å². The fourth-order valence-corrected chi connectivity index (χ4v) is 8.81. The molecule has 0 radical (unpaired) electrons. The molecule has 3 heterocycles. The van der Waals surface area contributed by atoms with Gasteiger partial charge in [0, 0.05) is 25.9 Å². The van der Waals surface area contributed by atoms with E-state index in [2.05, 4.69) is 28.5 Å². The summed E-state index contributed by atoms with van der Waals surface area (Å²) in [5, 5.41) is 4.58. The molecule has 6 rings (SSSR count). The third kappa shape index (κ3) is 8.77. The minimum atomic E-state index is -3.96. The van der Waals surface area contributed by atoms with Crippen LogP contribution in [0.25, 0.3) is 6.08 Å². The van der Waals surface area contributed by atoms with E-state index in [1.807, 2.05) is 44.2 Å². The van der Waals surface area contributed by atoms with E-state index >= 15 is 0 Å². The van der Waals surface area contributed by atoms with E-state index in [0.717, 1.165) is 27.7 Å². The molecule has 302 valence electrons. The van der Waals surface area contributed by atoms with E-state index in [1.54, 1.807) is 0 Å². The molecular formula is C39H50N6O10S. The van der Waals surface area contributed by atoms with Crippen LogP contribution in [0.1, 0.15) is 69.1 Å². The van der Waals surface area contributed by atoms with E-state index in [4.69, 9.17) is 9.47 Å². The summed E-state index contributed by atoms with van der Waals surface area (Å²) < 4.78 is 39.0. The molecule has 3 N–H and O–H groups in total. The summed E-state index contributed by atoms with van der Waals surface area (Å²) in [6.45, 7) is 11.1. The lowest BCUT2D eigenvalue weighted by Gasteiger charge is -2.31. The number of ether oxygens (including phenoxy) is 2. The smallest absolute Gasteiger partial charge is 0.410 e. The number of hydrogen-bond donors (Lipinski definition) is 3. The van der Waals surface area contributed by atoms with Gasteiger partial charge in [-0.25, -0.2) is 18.0 Å². The first-order chi connectivity index (χ1) is 26.5. The number of amides is 6. The van der Waals surface area contributed by atoms with Crippen molar-refractivity contribution in [1.82, 2.24) is 30.1 Å². The second-order valence-electron chi connectivity index (χ2n) is 16.1. The quantitative estimate of drug-likeness (QED) is 0.246. The van der Waals surface area contributed by atoms with Crippen LogP contribution in [0.4, 0.5) is 9.59 Å². The third-order valence-corrected chi connectivity index (χ3v) is 12.9. The van der Waals surface area contributed by atoms with E-state index in [0.29, 0.717) is 32.2 Å². The molecule has 16 nitrogen and oxygen atoms in total. The fourth-order valence-electron chi connectivity index (χ4n) is 7.45. The maximum atomic E-state index is 14.5. The number of nitrogens with zero attached hydrogens (tertiary/aromatic N) is 3. The summed E-state index contributed by atoms with van der Waals surface area (Å²) in [7, 11) is -2.54. The Bertz CT molecular complexity index is 1960. The van der Waals surface area contributed by atoms with Crippen molar-refractivity contribution in [2.24, 2.45) is 11.3 Å². The molecule has 17 heteroatoms. The molecule has 4 bridgehead atoms. The van der Waals surface area contributed by atoms with Crippen LogP contribution < -0.4 is 15.4 Å². The Morgan fingerprint density at radius 2 is 1.88 bits per heavy atom. The minimum absolute atomic E-state index is 0.0164. The number of likely N-dealkylation sites (N-methyl/N-ethyl adjacent to an activating group) is 1. The normalized spacial score (nSPS) is 28.2. The van der Waals surface area contributed by atoms with Gasteiger partial charge in [0.15, 0.2) is 0 Å². The number of alkyl carbamates (subject to hydrolysis) is 1. The zero-order chi connectivity index (χ0) is 40.6. The van der Waals surface area contributed by atoms with Gasteiger partial charge < -0.3 is 29.9 Å². The number of hydrogen-bond acceptors (Lipinski definition) is 10. The summed E-state index contributed by atoms with van der Waals surface area (Å²) in [6, 6.07) is 3.08. The average Bonchev–Trinajstić information content (AvgIpc) is 4.05. The van der Waals surface area contributed by atoms with Gasteiger partial charge in [0.2, 0.25) is 27.7 Å². The molecule has 0 spiro atoms. The van der Waals surface area contributed by atoms with Crippen LogP contribution in [0.5, 0.6) is 0 Å². The van der Waals surface area contributed by atoms with Crippen molar-refractivity contribution in [3.8, 4) is 0 Å². The Labute approximate surface area is 326 Å². The lowest BCUT2D eigenvalue weighted by atomic mass is 9.88. The van der Waals surface area contributed by atoms with Gasteiger partial charge in [0.05, 0.1) is 31.5 Å². The third-order valence-electron chi connectivity index (χ3n) is 11.1. The number of fused-ring (bicyclic) bond motifs is 3. The summed E-state index contributed by atoms with van der Waals surface area (Å²) in [6.07, 6.45) is 6.03. The van der Waals surface area contributed by atoms with Gasteiger partial charge in [-0.2, -0.15) is 0 Å². The zero-order valence-electron chi connectivity index (χ0n) is 32.0. The standard InChI is InChI=1S/C39H50N6O10S/c1-6-26-18-39(26,35(49)42-56(52,53)28-14-15-28)41-33(47)31-17-27-20-45(31)34(48)30(22-43(5)32(46)7-2)40-36(50)54-23-38(3,4)16-9-8-11-24-12-10-13-25-19-44(21-29(24)25)37(51)55-27/h6-8,10-13,26-28,30-31H,1-2,9,14-23H2,3-5H3,(H,40,50)(H,41,47)(H,42,49)/b11-8+/t26-,27-,30+,31+,39-/m1/s1. The second-order valence-corrected chi connectivity index (χ2v) is 18.0. The van der Waals surface area contributed by atoms with Crippen molar-refractivity contribution in [3.05, 3.63) is 66.3 Å². The van der Waals surface area contributed by atoms with E-state index < -0.39 is 86.1 Å². The molecule has 56 heavy (non-hydrogen) atoms. The molecule has 5 atom stereocenters. The summed E-state index contributed by atoms with van der Waals surface area (Å²) in [5.74, 6) is -3.64. The van der Waals surface area contributed by atoms with E-state index in [-0.39, 0.29) is 39.1 Å². The first-order valence-electron chi connectivity index (χ1n) is 18.8. The molecule has 5 aliphatic rings. The molecule has 2 saturated carbocycles. The molecule has 3 aliphatic heterocycles. The molecule has 0 aromatic heterocycles. The number of allylic oxidation sites excluding steroid dienone is 1. The van der Waals surface area contributed by atoms with Crippen LogP contribution >= 0.6 is 0 Å². The number of carbonyl (C=O) groups excluding carboxylic acids is 6. The van der Waals surface area contributed by atoms with Crippen LogP contribution in [-0.4, -0.2) is 115 Å². The van der Waals surface area contributed by atoms with Gasteiger partial charge in [0.25, 0.3) is 5.91 Å². The lowest BCUT2D eigenvalue weighted by Crippen LogP contribution is -2.59. The summed E-state index contributed by atoms with van der Waals surface area (Å²) in [5.41, 5.74) is 0.801. The number of nitrogens with one attached hydrogen (secondary N) is 3. The number of sulfonamides is 1. The van der Waals surface area contributed by atoms with Crippen molar-refractivity contribution in [2.45, 2.75) is 94.4 Å². The van der Waals surface area contributed by atoms with Gasteiger partial charge in [-0.05, 0) is 60.3 Å². The van der Waals surface area contributed by atoms with E-state index in [1.165, 1.54) is 22.9 Å². The monoisotopic (exact) mass is 794 g/mol. The molecule has 6 amide bonds. The highest BCUT2D eigenvalue weighted by Crippen LogP contribution is 2.45. The maximum Gasteiger partial charge on any atom is 0.410 e. The molecule has 3 fully saturated rings. The molecule has 2 aliphatic carbocycles. The zero-order valence-corrected chi connectivity index (χ0v) is 32.8. The highest BCUT2D eigenvalue weighted by atomic mass is 32.2. The average molecular weight is 795 g/mol. The Kier molecular flexibility index (Phi) is 11.4. The summed E-state index contributed by atoms with van der Waals surface area (Å²) >= 11 is 0. The van der Waals surface area contributed by atoms with E-state index in [9.17, 15) is 37.2 Å². The largest absolute Gasteiger partial charge is 0.449 e. The SMILES string of the molecule is C=CC(=O)N(C)C[C@@H]1NC(=O)OCC(C)(C)CC/C=C/c2cccc3c2CN(C3)C(=O)O[C@@H]2C[C@@H](C(=O)N[C@]3(C(=O)NS(=O)(=O)C4CC4)C[C@H]3C=C)N(C2)C1=O. The lowest BCUT2D eigenvalue weighted by molar-refractivity contribution is -0.141. The number of cyclic esters (lactones) is 1. The fraction of sp³-hybridized carbons (Fsp3) is 0.538. The molecule has 0 unspecified atom stereocenters. The predicted octanol–water partition coefficient (Wildman–Crippen LogP) is 2.35. The van der Waals surface area contributed by atoms with Crippen LogP contribution in [0.2, 0.25) is 0 Å². The Balaban J connectivity index is 1.30. The molecule has 1 aromatic rings. The van der Waals surface area contributed by atoms with Gasteiger partial charge in [-0.3, -0.25) is 28.8 Å². The van der Waals surface area contributed by atoms with Crippen molar-refractivity contribution in [3.63, 3.8) is 0 Å². The highest BCUT2D eigenvalue weighted by molar-refractivity contribution is 7.91. The molecule has 1 aromatic carbocycles. The minimum Gasteiger partial charge on any atom is -0.449 e. The van der Waals surface area contributed by atoms with Crippen LogP contribution in [-0.2, 0) is 51.8 Å². The second kappa shape index (κ2) is 15.7. The van der Waals surface area contributed by atoms with Crippen molar-refractivity contribution < 1.29 is 46.7 Å². The predicted molar refractivity (Wildman–Crippen MR) is 203 cm³/mol. The van der Waals surface area contributed by atoms with Crippen molar-refractivity contribution >= 4 is 51.9 Å². The summed E-state index contributed by atoms with van der Waals surface area (Å²) in [4.78, 5) is 85.6. The van der Waals surface area contributed by atoms with Crippen LogP contribution in [0.15, 0.2) is 49.6 Å². The topological polar surface area (TPSA) is 201 Å². The Morgan fingerprint density at radius 3 is 2.55 bits per heavy atom. The Hall–Kier alpha value is -5.19. The van der Waals surface area contributed by atoms with Crippen LogP contribution in [0, 0.1) is 11.3 Å². The number of rotatable bonds is 9. The molecular weight excluding hydrogens is 745 g/mol. The van der Waals surface area contributed by atoms with Crippen LogP contribution in [0.3, 0.4) is 0 Å². The van der Waals surface area contributed by atoms with Gasteiger partial charge >= 0.3 is 12.2 Å². The first-order valence-corrected chi connectivity index (χ1v) is 20.4. The first kappa shape index (κ1) is 40.5. The number of carbonyl (C=O) groups is 6.